The number of benzene rings is 2. The molecule has 0 N–H and O–H groups in total. The minimum absolute atomic E-state index is 0.0476. The van der Waals surface area contributed by atoms with Crippen LogP contribution >= 0.6 is 0 Å². The zero-order valence-electron chi connectivity index (χ0n) is 17.7. The predicted octanol–water partition coefficient (Wildman–Crippen LogP) is 6.44. The highest BCUT2D eigenvalue weighted by Gasteiger charge is 2.37. The van der Waals surface area contributed by atoms with Crippen LogP contribution in [0.2, 0.25) is 0 Å². The lowest BCUT2D eigenvalue weighted by Gasteiger charge is -2.42. The molecule has 0 aromatic heterocycles. The number of carbonyl (C=O) groups excluding carboxylic acids is 1. The number of hydrogen-bond acceptors (Lipinski definition) is 2. The summed E-state index contributed by atoms with van der Waals surface area (Å²) >= 11 is 0. The number of aryl methyl sites for hydroxylation is 1. The van der Waals surface area contributed by atoms with Gasteiger partial charge in [0.1, 0.15) is 5.82 Å². The van der Waals surface area contributed by atoms with Crippen LogP contribution in [-0.2, 0) is 15.6 Å². The number of esters is 1. The van der Waals surface area contributed by atoms with Crippen molar-refractivity contribution < 1.29 is 13.9 Å². The molecule has 148 valence electrons. The van der Waals surface area contributed by atoms with E-state index in [4.69, 9.17) is 0 Å². The molecule has 0 saturated heterocycles. The third-order valence-electron chi connectivity index (χ3n) is 6.09. The number of halogens is 1. The second-order valence-corrected chi connectivity index (χ2v) is 9.09. The zero-order valence-corrected chi connectivity index (χ0v) is 17.7. The Kier molecular flexibility index (Phi) is 5.22. The first-order valence-electron chi connectivity index (χ1n) is 9.77. The van der Waals surface area contributed by atoms with E-state index in [-0.39, 0.29) is 16.4 Å². The monoisotopic (exact) mass is 380 g/mol. The van der Waals surface area contributed by atoms with Crippen LogP contribution in [0.3, 0.4) is 0 Å². The molecular formula is C25H29FO2. The van der Waals surface area contributed by atoms with Gasteiger partial charge in [0.15, 0.2) is 0 Å². The quantitative estimate of drug-likeness (QED) is 0.452. The van der Waals surface area contributed by atoms with Crippen molar-refractivity contribution >= 4 is 18.1 Å². The van der Waals surface area contributed by atoms with Gasteiger partial charge in [-0.1, -0.05) is 58.0 Å². The average molecular weight is 381 g/mol. The summed E-state index contributed by atoms with van der Waals surface area (Å²) < 4.78 is 18.8. The molecule has 0 heterocycles. The molecule has 0 amide bonds. The smallest absolute Gasteiger partial charge is 0.340 e. The summed E-state index contributed by atoms with van der Waals surface area (Å²) in [6.07, 6.45) is 6.27. The van der Waals surface area contributed by atoms with Gasteiger partial charge >= 0.3 is 5.97 Å². The highest BCUT2D eigenvalue weighted by Crippen LogP contribution is 2.46. The van der Waals surface area contributed by atoms with Gasteiger partial charge in [0, 0.05) is 0 Å². The zero-order chi connectivity index (χ0) is 20.7. The summed E-state index contributed by atoms with van der Waals surface area (Å²) in [5.74, 6) is -1.23. The fourth-order valence-corrected chi connectivity index (χ4v) is 4.01. The minimum atomic E-state index is -0.664. The summed E-state index contributed by atoms with van der Waals surface area (Å²) in [6.45, 7) is 11.4. The molecule has 2 aromatic rings. The van der Waals surface area contributed by atoms with Crippen molar-refractivity contribution in [3.05, 3.63) is 69.5 Å². The van der Waals surface area contributed by atoms with Crippen LogP contribution in [0, 0.1) is 12.7 Å². The maximum Gasteiger partial charge on any atom is 0.340 e. The molecule has 0 spiro atoms. The Morgan fingerprint density at radius 1 is 1.00 bits per heavy atom. The van der Waals surface area contributed by atoms with Crippen molar-refractivity contribution in [1.82, 2.24) is 0 Å². The van der Waals surface area contributed by atoms with Crippen molar-refractivity contribution in [3.8, 4) is 0 Å². The fourth-order valence-electron chi connectivity index (χ4n) is 4.01. The lowest BCUT2D eigenvalue weighted by molar-refractivity contribution is 0.0595. The average Bonchev–Trinajstić information content (AvgIpc) is 2.63. The van der Waals surface area contributed by atoms with Crippen molar-refractivity contribution in [2.75, 3.05) is 7.11 Å². The topological polar surface area (TPSA) is 26.3 Å². The fraction of sp³-hybridized carbons (Fsp3) is 0.400. The Morgan fingerprint density at radius 2 is 1.61 bits per heavy atom. The van der Waals surface area contributed by atoms with E-state index in [9.17, 15) is 9.18 Å². The third-order valence-corrected chi connectivity index (χ3v) is 6.09. The lowest BCUT2D eigenvalue weighted by Crippen LogP contribution is -2.34. The van der Waals surface area contributed by atoms with Crippen LogP contribution < -0.4 is 0 Å². The van der Waals surface area contributed by atoms with Crippen LogP contribution in [0.5, 0.6) is 0 Å². The van der Waals surface area contributed by atoms with E-state index in [1.165, 1.54) is 48.8 Å². The Balaban J connectivity index is 1.97. The Labute approximate surface area is 167 Å². The highest BCUT2D eigenvalue weighted by molar-refractivity contribution is 5.90. The van der Waals surface area contributed by atoms with Crippen LogP contribution in [0.4, 0.5) is 4.39 Å². The largest absolute Gasteiger partial charge is 0.465 e. The van der Waals surface area contributed by atoms with Crippen LogP contribution in [0.1, 0.15) is 78.7 Å². The Bertz CT molecular complexity index is 951. The molecule has 3 heteroatoms. The van der Waals surface area contributed by atoms with Crippen LogP contribution in [0.25, 0.3) is 12.2 Å². The highest BCUT2D eigenvalue weighted by atomic mass is 19.1. The number of hydrogen-bond donors (Lipinski definition) is 0. The molecular weight excluding hydrogens is 351 g/mol. The molecule has 0 aliphatic heterocycles. The standard InChI is InChI=1S/C25H29FO2/c1-16-13-20-21(25(4,5)12-11-24(20,2)3)15-18(16)9-7-17-8-10-19(22(26)14-17)23(27)28-6/h7-10,13-15H,11-12H2,1-6H3/b9-7+. The molecule has 0 bridgehead atoms. The van der Waals surface area contributed by atoms with Crippen LogP contribution in [-0.4, -0.2) is 13.1 Å². The second kappa shape index (κ2) is 7.20. The molecule has 28 heavy (non-hydrogen) atoms. The maximum atomic E-state index is 14.2. The van der Waals surface area contributed by atoms with Gasteiger partial charge < -0.3 is 4.74 Å². The van der Waals surface area contributed by atoms with E-state index in [2.05, 4.69) is 51.5 Å². The summed E-state index contributed by atoms with van der Waals surface area (Å²) in [6, 6.07) is 9.17. The molecule has 0 unspecified atom stereocenters. The van der Waals surface area contributed by atoms with Gasteiger partial charge in [-0.05, 0) is 70.5 Å². The van der Waals surface area contributed by atoms with E-state index < -0.39 is 11.8 Å². The molecule has 1 aliphatic rings. The Morgan fingerprint density at radius 3 is 2.18 bits per heavy atom. The summed E-state index contributed by atoms with van der Waals surface area (Å²) in [7, 11) is 1.25. The molecule has 2 aromatic carbocycles. The minimum Gasteiger partial charge on any atom is -0.465 e. The summed E-state index contributed by atoms with van der Waals surface area (Å²) in [5, 5.41) is 0. The van der Waals surface area contributed by atoms with Crippen molar-refractivity contribution in [2.24, 2.45) is 0 Å². The van der Waals surface area contributed by atoms with Gasteiger partial charge in [-0.3, -0.25) is 0 Å². The lowest BCUT2D eigenvalue weighted by atomic mass is 9.62. The van der Waals surface area contributed by atoms with Crippen molar-refractivity contribution in [3.63, 3.8) is 0 Å². The number of methoxy groups -OCH3 is 1. The molecule has 0 saturated carbocycles. The first-order valence-corrected chi connectivity index (χ1v) is 9.77. The second-order valence-electron chi connectivity index (χ2n) is 9.09. The van der Waals surface area contributed by atoms with Gasteiger partial charge in [0.2, 0.25) is 0 Å². The molecule has 3 rings (SSSR count). The van der Waals surface area contributed by atoms with Crippen molar-refractivity contribution in [2.45, 2.75) is 58.3 Å². The van der Waals surface area contributed by atoms with Gasteiger partial charge in [0.05, 0.1) is 12.7 Å². The number of fused-ring (bicyclic) bond motifs is 1. The van der Waals surface area contributed by atoms with E-state index in [1.54, 1.807) is 6.07 Å². The van der Waals surface area contributed by atoms with Gasteiger partial charge in [-0.2, -0.15) is 0 Å². The van der Waals surface area contributed by atoms with Gasteiger partial charge in [-0.25, -0.2) is 9.18 Å². The summed E-state index contributed by atoms with van der Waals surface area (Å²) in [4.78, 5) is 11.5. The number of rotatable bonds is 3. The summed E-state index contributed by atoms with van der Waals surface area (Å²) in [5.41, 5.74) is 6.19. The molecule has 1 aliphatic carbocycles. The van der Waals surface area contributed by atoms with E-state index in [0.29, 0.717) is 5.56 Å². The molecule has 2 nitrogen and oxygen atoms in total. The SMILES string of the molecule is COC(=O)c1ccc(/C=C/c2cc3c(cc2C)C(C)(C)CCC3(C)C)cc1F. The van der Waals surface area contributed by atoms with E-state index in [0.717, 1.165) is 5.56 Å². The number of ether oxygens (including phenoxy) is 1. The van der Waals surface area contributed by atoms with E-state index in [1.807, 2.05) is 12.2 Å². The maximum absolute atomic E-state index is 14.2. The molecule has 0 atom stereocenters. The normalized spacial score (nSPS) is 17.4. The first kappa shape index (κ1) is 20.3. The van der Waals surface area contributed by atoms with Crippen LogP contribution in [0.15, 0.2) is 30.3 Å². The Hall–Kier alpha value is -2.42. The van der Waals surface area contributed by atoms with Gasteiger partial charge in [0.25, 0.3) is 0 Å². The third kappa shape index (κ3) is 3.76. The number of carbonyl (C=O) groups is 1. The predicted molar refractivity (Wildman–Crippen MR) is 113 cm³/mol. The van der Waals surface area contributed by atoms with Gasteiger partial charge in [-0.15, -0.1) is 0 Å². The van der Waals surface area contributed by atoms with E-state index >= 15 is 0 Å². The molecule has 0 radical (unpaired) electrons. The van der Waals surface area contributed by atoms with Crippen molar-refractivity contribution in [1.29, 1.82) is 0 Å². The first-order chi connectivity index (χ1) is 13.0. The molecule has 0 fully saturated rings.